The first-order chi connectivity index (χ1) is 5.29. The summed E-state index contributed by atoms with van der Waals surface area (Å²) in [6.07, 6.45) is 1.85. The van der Waals surface area contributed by atoms with Crippen LogP contribution in [0.15, 0.2) is 11.8 Å². The molecule has 11 heavy (non-hydrogen) atoms. The maximum Gasteiger partial charge on any atom is 0.238 e. The first-order valence-electron chi connectivity index (χ1n) is 3.46. The topological polar surface area (TPSA) is 49.8 Å². The molecule has 4 nitrogen and oxygen atoms in total. The minimum atomic E-state index is -0.187. The maximum atomic E-state index is 11.1. The Labute approximate surface area is 64.1 Å². The van der Waals surface area contributed by atoms with Gasteiger partial charge < -0.3 is 14.7 Å². The lowest BCUT2D eigenvalue weighted by Gasteiger charge is -2.50. The predicted octanol–water partition coefficient (Wildman–Crippen LogP) is -0.693. The van der Waals surface area contributed by atoms with Crippen molar-refractivity contribution in [2.75, 3.05) is 13.8 Å². The molecule has 4 heteroatoms. The van der Waals surface area contributed by atoms with Gasteiger partial charge in [-0.2, -0.15) is 0 Å². The van der Waals surface area contributed by atoms with Gasteiger partial charge in [0.25, 0.3) is 0 Å². The molecule has 0 aromatic heterocycles. The highest BCUT2D eigenvalue weighted by Crippen LogP contribution is 2.41. The molecule has 1 aliphatic carbocycles. The van der Waals surface area contributed by atoms with Crippen molar-refractivity contribution >= 4 is 5.91 Å². The van der Waals surface area contributed by atoms with Gasteiger partial charge >= 0.3 is 0 Å². The lowest BCUT2D eigenvalue weighted by atomic mass is 9.76. The van der Waals surface area contributed by atoms with Gasteiger partial charge in [0, 0.05) is 0 Å². The Bertz CT molecular complexity index is 236. The number of ether oxygens (including phenoxy) is 1. The summed E-state index contributed by atoms with van der Waals surface area (Å²) in [7, 11) is 1.55. The number of hydrogen-bond donors (Lipinski definition) is 1. The SMILES string of the molecule is COC1=C[C@@H]2C1C(=O)N2CO. The second-order valence-corrected chi connectivity index (χ2v) is 2.69. The Balaban J connectivity index is 2.11. The second kappa shape index (κ2) is 1.98. The number of likely N-dealkylation sites (tertiary alicyclic amines) is 1. The molecular weight excluding hydrogens is 146 g/mol. The van der Waals surface area contributed by atoms with E-state index in [-0.39, 0.29) is 24.6 Å². The second-order valence-electron chi connectivity index (χ2n) is 2.69. The summed E-state index contributed by atoms with van der Waals surface area (Å²) in [6, 6.07) is 0.0995. The minimum Gasteiger partial charge on any atom is -0.500 e. The van der Waals surface area contributed by atoms with E-state index in [4.69, 9.17) is 9.84 Å². The van der Waals surface area contributed by atoms with Crippen LogP contribution in [0.25, 0.3) is 0 Å². The number of β-lactam (4-membered cyclic amide) rings is 1. The van der Waals surface area contributed by atoms with Crippen LogP contribution in [0.4, 0.5) is 0 Å². The molecule has 0 saturated carbocycles. The summed E-state index contributed by atoms with van der Waals surface area (Å²) in [5.74, 6) is 0.619. The third kappa shape index (κ3) is 0.599. The first-order valence-corrected chi connectivity index (χ1v) is 3.46. The molecule has 1 heterocycles. The smallest absolute Gasteiger partial charge is 0.238 e. The number of rotatable bonds is 2. The fourth-order valence-corrected chi connectivity index (χ4v) is 1.56. The maximum absolute atomic E-state index is 11.1. The normalized spacial score (nSPS) is 33.5. The molecule has 1 N–H and O–H groups in total. The summed E-state index contributed by atoms with van der Waals surface area (Å²) in [6.45, 7) is -0.187. The lowest BCUT2D eigenvalue weighted by Crippen LogP contribution is -2.65. The number of methoxy groups -OCH3 is 1. The van der Waals surface area contributed by atoms with Crippen molar-refractivity contribution in [3.05, 3.63) is 11.8 Å². The van der Waals surface area contributed by atoms with Crippen LogP contribution in [0.3, 0.4) is 0 Å². The summed E-state index contributed by atoms with van der Waals surface area (Å²) in [4.78, 5) is 12.5. The number of amides is 1. The highest BCUT2D eigenvalue weighted by atomic mass is 16.5. The molecule has 60 valence electrons. The van der Waals surface area contributed by atoms with Gasteiger partial charge in [-0.3, -0.25) is 4.79 Å². The van der Waals surface area contributed by atoms with Crippen molar-refractivity contribution in [3.8, 4) is 0 Å². The van der Waals surface area contributed by atoms with Gasteiger partial charge in [-0.05, 0) is 6.08 Å². The number of carbonyl (C=O) groups excluding carboxylic acids is 1. The zero-order valence-corrected chi connectivity index (χ0v) is 6.15. The Morgan fingerprint density at radius 1 is 1.82 bits per heavy atom. The standard InChI is InChI=1S/C7H9NO3/c1-11-5-2-4-6(5)7(10)8(4)3-9/h2,4,6,9H,3H2,1H3/t4-,6?/m1/s1. The molecule has 0 aromatic carbocycles. The van der Waals surface area contributed by atoms with Crippen LogP contribution in [0.5, 0.6) is 0 Å². The molecule has 2 atom stereocenters. The summed E-state index contributed by atoms with van der Waals surface area (Å²) < 4.78 is 4.92. The zero-order valence-electron chi connectivity index (χ0n) is 6.15. The third-order valence-electron chi connectivity index (χ3n) is 2.28. The molecule has 1 aliphatic heterocycles. The third-order valence-corrected chi connectivity index (χ3v) is 2.28. The quantitative estimate of drug-likeness (QED) is 0.537. The van der Waals surface area contributed by atoms with Crippen LogP contribution < -0.4 is 0 Å². The van der Waals surface area contributed by atoms with Gasteiger partial charge in [-0.25, -0.2) is 0 Å². The largest absolute Gasteiger partial charge is 0.500 e. The average Bonchev–Trinajstić information content (AvgIpc) is 1.96. The molecule has 1 unspecified atom stereocenters. The van der Waals surface area contributed by atoms with Crippen LogP contribution in [0.2, 0.25) is 0 Å². The average molecular weight is 155 g/mol. The fourth-order valence-electron chi connectivity index (χ4n) is 1.56. The molecule has 0 bridgehead atoms. The van der Waals surface area contributed by atoms with Gasteiger partial charge in [0.2, 0.25) is 5.91 Å². The van der Waals surface area contributed by atoms with Crippen molar-refractivity contribution in [2.24, 2.45) is 5.92 Å². The van der Waals surface area contributed by atoms with E-state index in [2.05, 4.69) is 0 Å². The minimum absolute atomic E-state index is 0.0307. The van der Waals surface area contributed by atoms with Crippen LogP contribution in [0, 0.1) is 5.92 Å². The molecule has 2 rings (SSSR count). The monoisotopic (exact) mass is 155 g/mol. The van der Waals surface area contributed by atoms with E-state index in [1.54, 1.807) is 7.11 Å². The van der Waals surface area contributed by atoms with Crippen LogP contribution in [-0.2, 0) is 9.53 Å². The Morgan fingerprint density at radius 3 is 3.00 bits per heavy atom. The molecular formula is C7H9NO3. The van der Waals surface area contributed by atoms with E-state index in [1.807, 2.05) is 6.08 Å². The van der Waals surface area contributed by atoms with Crippen molar-refractivity contribution in [1.29, 1.82) is 0 Å². The van der Waals surface area contributed by atoms with E-state index >= 15 is 0 Å². The van der Waals surface area contributed by atoms with Gasteiger partial charge in [0.05, 0.1) is 13.2 Å². The van der Waals surface area contributed by atoms with Crippen LogP contribution >= 0.6 is 0 Å². The number of fused-ring (bicyclic) bond motifs is 1. The number of aliphatic hydroxyl groups is 1. The Morgan fingerprint density at radius 2 is 2.55 bits per heavy atom. The van der Waals surface area contributed by atoms with Crippen molar-refractivity contribution in [2.45, 2.75) is 6.04 Å². The van der Waals surface area contributed by atoms with E-state index < -0.39 is 0 Å². The summed E-state index contributed by atoms with van der Waals surface area (Å²) >= 11 is 0. The summed E-state index contributed by atoms with van der Waals surface area (Å²) in [5, 5.41) is 8.67. The predicted molar refractivity (Wildman–Crippen MR) is 36.3 cm³/mol. The number of hydrogen-bond acceptors (Lipinski definition) is 3. The molecule has 2 aliphatic rings. The Kier molecular flexibility index (Phi) is 1.20. The fraction of sp³-hybridized carbons (Fsp3) is 0.571. The van der Waals surface area contributed by atoms with Crippen LogP contribution in [0.1, 0.15) is 0 Å². The van der Waals surface area contributed by atoms with Gasteiger partial charge in [0.15, 0.2) is 0 Å². The van der Waals surface area contributed by atoms with Gasteiger partial charge in [-0.1, -0.05) is 0 Å². The lowest BCUT2D eigenvalue weighted by molar-refractivity contribution is -0.163. The highest BCUT2D eigenvalue weighted by molar-refractivity contribution is 5.91. The highest BCUT2D eigenvalue weighted by Gasteiger charge is 2.54. The van der Waals surface area contributed by atoms with Gasteiger partial charge in [0.1, 0.15) is 18.4 Å². The Hall–Kier alpha value is -1.03. The number of carbonyl (C=O) groups is 1. The van der Waals surface area contributed by atoms with E-state index in [1.165, 1.54) is 4.90 Å². The van der Waals surface area contributed by atoms with Crippen molar-refractivity contribution in [1.82, 2.24) is 4.90 Å². The van der Waals surface area contributed by atoms with E-state index in [9.17, 15) is 4.79 Å². The number of aliphatic hydroxyl groups excluding tert-OH is 1. The number of nitrogens with zero attached hydrogens (tertiary/aromatic N) is 1. The summed E-state index contributed by atoms with van der Waals surface area (Å²) in [5.41, 5.74) is 0. The molecule has 0 spiro atoms. The molecule has 0 radical (unpaired) electrons. The van der Waals surface area contributed by atoms with Crippen LogP contribution in [-0.4, -0.2) is 35.8 Å². The molecule has 1 saturated heterocycles. The molecule has 1 fully saturated rings. The van der Waals surface area contributed by atoms with Crippen molar-refractivity contribution < 1.29 is 14.6 Å². The van der Waals surface area contributed by atoms with E-state index in [0.29, 0.717) is 0 Å². The van der Waals surface area contributed by atoms with Crippen molar-refractivity contribution in [3.63, 3.8) is 0 Å². The van der Waals surface area contributed by atoms with E-state index in [0.717, 1.165) is 5.76 Å². The zero-order chi connectivity index (χ0) is 8.01. The molecule has 0 aromatic rings. The van der Waals surface area contributed by atoms with Gasteiger partial charge in [-0.15, -0.1) is 0 Å². The first kappa shape index (κ1) is 6.67. The molecule has 1 amide bonds.